The predicted octanol–water partition coefficient (Wildman–Crippen LogP) is 2.62. The van der Waals surface area contributed by atoms with Crippen LogP contribution in [0.3, 0.4) is 0 Å². The first kappa shape index (κ1) is 18.2. The van der Waals surface area contributed by atoms with Crippen LogP contribution in [0.5, 0.6) is 0 Å². The van der Waals surface area contributed by atoms with Crippen LogP contribution in [0.4, 0.5) is 0 Å². The summed E-state index contributed by atoms with van der Waals surface area (Å²) in [5, 5.41) is 14.8. The van der Waals surface area contributed by atoms with Gasteiger partial charge in [-0.05, 0) is 60.3 Å². The summed E-state index contributed by atoms with van der Waals surface area (Å²) < 4.78 is 2.81. The molecule has 2 aromatic rings. The van der Waals surface area contributed by atoms with E-state index in [1.807, 2.05) is 31.2 Å². The summed E-state index contributed by atoms with van der Waals surface area (Å²) in [4.78, 5) is 11.4. The SMILES string of the molecule is C=c1/c(=C\C=C/C)c2c(n1-c1ccc(C(N)=O)cc1Br)CCC/C2=N\O. The van der Waals surface area contributed by atoms with Gasteiger partial charge in [-0.1, -0.05) is 30.0 Å². The van der Waals surface area contributed by atoms with Crippen LogP contribution in [-0.4, -0.2) is 21.4 Å². The molecular formula is C20H20BrN3O2. The Labute approximate surface area is 159 Å². The molecule has 6 heteroatoms. The molecule has 0 saturated carbocycles. The molecule has 0 bridgehead atoms. The molecular weight excluding hydrogens is 394 g/mol. The maximum absolute atomic E-state index is 11.4. The molecule has 3 N–H and O–H groups in total. The molecule has 0 spiro atoms. The molecule has 1 aromatic carbocycles. The molecule has 0 fully saturated rings. The van der Waals surface area contributed by atoms with Gasteiger partial charge >= 0.3 is 0 Å². The van der Waals surface area contributed by atoms with Crippen molar-refractivity contribution in [2.24, 2.45) is 10.9 Å². The summed E-state index contributed by atoms with van der Waals surface area (Å²) in [6.07, 6.45) is 8.36. The molecule has 3 rings (SSSR count). The van der Waals surface area contributed by atoms with Gasteiger partial charge in [-0.3, -0.25) is 4.79 Å². The van der Waals surface area contributed by atoms with E-state index >= 15 is 0 Å². The van der Waals surface area contributed by atoms with Gasteiger partial charge in [-0.15, -0.1) is 0 Å². The molecule has 0 atom stereocenters. The average Bonchev–Trinajstić information content (AvgIpc) is 2.91. The van der Waals surface area contributed by atoms with E-state index in [1.165, 1.54) is 0 Å². The molecule has 1 aromatic heterocycles. The maximum Gasteiger partial charge on any atom is 0.248 e. The second kappa shape index (κ2) is 7.33. The lowest BCUT2D eigenvalue weighted by atomic mass is 9.94. The first-order valence-electron chi connectivity index (χ1n) is 8.36. The zero-order valence-electron chi connectivity index (χ0n) is 14.5. The zero-order chi connectivity index (χ0) is 18.8. The van der Waals surface area contributed by atoms with E-state index in [9.17, 15) is 10.0 Å². The van der Waals surface area contributed by atoms with E-state index in [4.69, 9.17) is 5.73 Å². The Morgan fingerprint density at radius 2 is 2.19 bits per heavy atom. The number of fused-ring (bicyclic) bond motifs is 1. The van der Waals surface area contributed by atoms with Gasteiger partial charge in [-0.25, -0.2) is 0 Å². The van der Waals surface area contributed by atoms with Crippen LogP contribution in [0.25, 0.3) is 18.3 Å². The monoisotopic (exact) mass is 413 g/mol. The van der Waals surface area contributed by atoms with Crippen molar-refractivity contribution >= 4 is 40.2 Å². The Bertz CT molecular complexity index is 1050. The molecule has 134 valence electrons. The first-order chi connectivity index (χ1) is 12.5. The summed E-state index contributed by atoms with van der Waals surface area (Å²) in [5.41, 5.74) is 9.35. The van der Waals surface area contributed by atoms with Gasteiger partial charge in [0.05, 0.1) is 11.4 Å². The van der Waals surface area contributed by atoms with E-state index in [-0.39, 0.29) is 0 Å². The van der Waals surface area contributed by atoms with Crippen molar-refractivity contribution in [2.75, 3.05) is 0 Å². The molecule has 1 aliphatic carbocycles. The third-order valence-electron chi connectivity index (χ3n) is 4.57. The lowest BCUT2D eigenvalue weighted by Crippen LogP contribution is -2.29. The minimum Gasteiger partial charge on any atom is -0.411 e. The molecule has 0 unspecified atom stereocenters. The standard InChI is InChI=1S/C20H20BrN3O2/c1-3-4-6-14-12(2)24(18-8-5-7-16(23-26)19(14)18)17-10-9-13(20(22)25)11-15(17)21/h3-4,6,9-11,26H,2,5,7-8H2,1H3,(H2,22,25)/b4-3-,14-6+,23-16+. The van der Waals surface area contributed by atoms with Crippen molar-refractivity contribution in [1.82, 2.24) is 4.57 Å². The van der Waals surface area contributed by atoms with Crippen LogP contribution < -0.4 is 16.3 Å². The molecule has 0 aliphatic heterocycles. The van der Waals surface area contributed by atoms with E-state index in [0.717, 1.165) is 51.2 Å². The number of nitrogens with zero attached hydrogens (tertiary/aromatic N) is 2. The van der Waals surface area contributed by atoms with E-state index in [0.29, 0.717) is 11.3 Å². The molecule has 1 heterocycles. The summed E-state index contributed by atoms with van der Waals surface area (Å²) >= 11 is 3.55. The largest absolute Gasteiger partial charge is 0.411 e. The number of benzene rings is 1. The number of carbonyl (C=O) groups excluding carboxylic acids is 1. The number of halogens is 1. The third-order valence-corrected chi connectivity index (χ3v) is 5.21. The van der Waals surface area contributed by atoms with Gasteiger partial charge in [0, 0.05) is 31.9 Å². The second-order valence-corrected chi connectivity index (χ2v) is 6.99. The Kier molecular flexibility index (Phi) is 5.13. The van der Waals surface area contributed by atoms with Crippen molar-refractivity contribution < 1.29 is 10.0 Å². The smallest absolute Gasteiger partial charge is 0.248 e. The van der Waals surface area contributed by atoms with Crippen molar-refractivity contribution in [3.05, 3.63) is 62.2 Å². The molecule has 1 aliphatic rings. The Morgan fingerprint density at radius 3 is 2.81 bits per heavy atom. The van der Waals surface area contributed by atoms with Crippen LogP contribution in [-0.2, 0) is 6.42 Å². The van der Waals surface area contributed by atoms with Crippen molar-refractivity contribution in [3.63, 3.8) is 0 Å². The highest BCUT2D eigenvalue weighted by Crippen LogP contribution is 2.26. The van der Waals surface area contributed by atoms with Crippen LogP contribution in [0.2, 0.25) is 0 Å². The first-order valence-corrected chi connectivity index (χ1v) is 9.15. The van der Waals surface area contributed by atoms with Gasteiger partial charge < -0.3 is 15.5 Å². The van der Waals surface area contributed by atoms with Crippen LogP contribution in [0.15, 0.2) is 40.0 Å². The van der Waals surface area contributed by atoms with Gasteiger partial charge in [0.1, 0.15) is 0 Å². The molecule has 26 heavy (non-hydrogen) atoms. The zero-order valence-corrected chi connectivity index (χ0v) is 16.1. The Morgan fingerprint density at radius 1 is 1.42 bits per heavy atom. The lowest BCUT2D eigenvalue weighted by Gasteiger charge is -2.18. The van der Waals surface area contributed by atoms with Crippen LogP contribution in [0, 0.1) is 0 Å². The highest BCUT2D eigenvalue weighted by atomic mass is 79.9. The highest BCUT2D eigenvalue weighted by Gasteiger charge is 2.24. The average molecular weight is 414 g/mol. The normalized spacial score (nSPS) is 16.4. The van der Waals surface area contributed by atoms with Gasteiger partial charge in [0.15, 0.2) is 0 Å². The number of hydrogen-bond acceptors (Lipinski definition) is 3. The maximum atomic E-state index is 11.4. The minimum absolute atomic E-state index is 0.436. The third kappa shape index (κ3) is 3.01. The fraction of sp³-hybridized carbons (Fsp3) is 0.200. The number of aromatic nitrogens is 1. The van der Waals surface area contributed by atoms with Gasteiger partial charge in [0.2, 0.25) is 5.91 Å². The van der Waals surface area contributed by atoms with Gasteiger partial charge in [0.25, 0.3) is 0 Å². The van der Waals surface area contributed by atoms with Crippen molar-refractivity contribution in [3.8, 4) is 5.69 Å². The summed E-state index contributed by atoms with van der Waals surface area (Å²) in [7, 11) is 0. The number of rotatable bonds is 3. The fourth-order valence-electron chi connectivity index (χ4n) is 3.41. The number of primary amides is 1. The van der Waals surface area contributed by atoms with E-state index in [2.05, 4.69) is 32.2 Å². The highest BCUT2D eigenvalue weighted by molar-refractivity contribution is 9.10. The number of carbonyl (C=O) groups is 1. The number of hydrogen-bond donors (Lipinski definition) is 2. The molecule has 1 amide bonds. The number of allylic oxidation sites excluding steroid dienone is 2. The summed E-state index contributed by atoms with van der Waals surface area (Å²) in [6, 6.07) is 5.26. The summed E-state index contributed by atoms with van der Waals surface area (Å²) in [6.45, 7) is 6.22. The van der Waals surface area contributed by atoms with Crippen LogP contribution in [0.1, 0.15) is 41.4 Å². The lowest BCUT2D eigenvalue weighted by molar-refractivity contribution is 0.1000. The Hall–Kier alpha value is -2.60. The van der Waals surface area contributed by atoms with Gasteiger partial charge in [-0.2, -0.15) is 0 Å². The fourth-order valence-corrected chi connectivity index (χ4v) is 3.96. The number of nitrogens with two attached hydrogens (primary N) is 1. The summed E-state index contributed by atoms with van der Waals surface area (Å²) in [5.74, 6) is -0.474. The minimum atomic E-state index is -0.474. The quantitative estimate of drug-likeness (QED) is 0.598. The molecule has 0 radical (unpaired) electrons. The van der Waals surface area contributed by atoms with Crippen molar-refractivity contribution in [1.29, 1.82) is 0 Å². The predicted molar refractivity (Wildman–Crippen MR) is 107 cm³/mol. The topological polar surface area (TPSA) is 80.6 Å². The van der Waals surface area contributed by atoms with Crippen LogP contribution >= 0.6 is 15.9 Å². The van der Waals surface area contributed by atoms with E-state index in [1.54, 1.807) is 12.1 Å². The molecule has 5 nitrogen and oxygen atoms in total. The number of amides is 1. The van der Waals surface area contributed by atoms with Crippen molar-refractivity contribution in [2.45, 2.75) is 26.2 Å². The second-order valence-electron chi connectivity index (χ2n) is 6.14. The Balaban J connectivity index is 2.36. The molecule has 0 saturated heterocycles. The number of oxime groups is 1. The van der Waals surface area contributed by atoms with E-state index < -0.39 is 5.91 Å².